The Hall–Kier alpha value is -1.95. The van der Waals surface area contributed by atoms with Gasteiger partial charge in [-0.05, 0) is 44.0 Å². The summed E-state index contributed by atoms with van der Waals surface area (Å²) in [7, 11) is 1.39. The standard InChI is InChI=1S/C16H22N4O2/c1-3-19-8-4-5-12(10-19)9-15-18-17-14-7-6-13(11-20(14)15)16(21)22-2/h6-7,11-12H,3-5,8-10H2,1-2H3. The van der Waals surface area contributed by atoms with Crippen molar-refractivity contribution in [3.05, 3.63) is 29.7 Å². The van der Waals surface area contributed by atoms with E-state index in [9.17, 15) is 4.79 Å². The van der Waals surface area contributed by atoms with Gasteiger partial charge in [-0.25, -0.2) is 4.79 Å². The van der Waals surface area contributed by atoms with Crippen LogP contribution in [0.5, 0.6) is 0 Å². The van der Waals surface area contributed by atoms with Crippen LogP contribution in [-0.4, -0.2) is 52.2 Å². The maximum atomic E-state index is 11.7. The van der Waals surface area contributed by atoms with Gasteiger partial charge in [0.05, 0.1) is 12.7 Å². The number of hydrogen-bond donors (Lipinski definition) is 0. The third-order valence-electron chi connectivity index (χ3n) is 4.42. The summed E-state index contributed by atoms with van der Waals surface area (Å²) in [6.45, 7) is 5.61. The van der Waals surface area contributed by atoms with E-state index in [2.05, 4.69) is 22.0 Å². The zero-order chi connectivity index (χ0) is 15.5. The molecule has 118 valence electrons. The van der Waals surface area contributed by atoms with Crippen molar-refractivity contribution in [3.63, 3.8) is 0 Å². The van der Waals surface area contributed by atoms with Crippen molar-refractivity contribution in [1.82, 2.24) is 19.5 Å². The minimum absolute atomic E-state index is 0.337. The van der Waals surface area contributed by atoms with E-state index in [0.29, 0.717) is 11.5 Å². The van der Waals surface area contributed by atoms with Crippen molar-refractivity contribution in [3.8, 4) is 0 Å². The first-order chi connectivity index (χ1) is 10.7. The molecule has 0 spiro atoms. The Balaban J connectivity index is 1.82. The van der Waals surface area contributed by atoms with Crippen LogP contribution in [0.3, 0.4) is 0 Å². The van der Waals surface area contributed by atoms with Gasteiger partial charge in [0.25, 0.3) is 0 Å². The molecular formula is C16H22N4O2. The Morgan fingerprint density at radius 2 is 2.27 bits per heavy atom. The molecule has 0 aromatic carbocycles. The Morgan fingerprint density at radius 3 is 3.05 bits per heavy atom. The van der Waals surface area contributed by atoms with Crippen LogP contribution in [0.1, 0.15) is 35.9 Å². The smallest absolute Gasteiger partial charge is 0.339 e. The average molecular weight is 302 g/mol. The van der Waals surface area contributed by atoms with Crippen LogP contribution in [-0.2, 0) is 11.2 Å². The van der Waals surface area contributed by atoms with Crippen LogP contribution < -0.4 is 0 Å². The van der Waals surface area contributed by atoms with Crippen molar-refractivity contribution < 1.29 is 9.53 Å². The second kappa shape index (κ2) is 6.44. The molecule has 6 nitrogen and oxygen atoms in total. The van der Waals surface area contributed by atoms with E-state index in [1.807, 2.05) is 10.5 Å². The average Bonchev–Trinajstić information content (AvgIpc) is 2.96. The van der Waals surface area contributed by atoms with Gasteiger partial charge in [0.15, 0.2) is 5.65 Å². The fourth-order valence-corrected chi connectivity index (χ4v) is 3.18. The number of ether oxygens (including phenoxy) is 1. The van der Waals surface area contributed by atoms with E-state index in [1.165, 1.54) is 26.5 Å². The maximum Gasteiger partial charge on any atom is 0.339 e. The van der Waals surface area contributed by atoms with E-state index in [1.54, 1.807) is 12.3 Å². The molecule has 6 heteroatoms. The lowest BCUT2D eigenvalue weighted by Gasteiger charge is -2.31. The highest BCUT2D eigenvalue weighted by Gasteiger charge is 2.21. The van der Waals surface area contributed by atoms with E-state index in [4.69, 9.17) is 4.74 Å². The van der Waals surface area contributed by atoms with Crippen molar-refractivity contribution >= 4 is 11.6 Å². The Bertz CT molecular complexity index is 667. The first kappa shape index (κ1) is 15.0. The highest BCUT2D eigenvalue weighted by atomic mass is 16.5. The number of esters is 1. The van der Waals surface area contributed by atoms with Crippen LogP contribution in [0.4, 0.5) is 0 Å². The maximum absolute atomic E-state index is 11.7. The molecule has 0 radical (unpaired) electrons. The summed E-state index contributed by atoms with van der Waals surface area (Å²) in [6, 6.07) is 3.53. The van der Waals surface area contributed by atoms with Crippen LogP contribution >= 0.6 is 0 Å². The molecule has 1 unspecified atom stereocenters. The molecule has 0 N–H and O–H groups in total. The lowest BCUT2D eigenvalue weighted by atomic mass is 9.94. The minimum Gasteiger partial charge on any atom is -0.465 e. The molecule has 0 bridgehead atoms. The van der Waals surface area contributed by atoms with E-state index in [0.717, 1.165) is 31.0 Å². The fraction of sp³-hybridized carbons (Fsp3) is 0.562. The number of methoxy groups -OCH3 is 1. The van der Waals surface area contributed by atoms with Gasteiger partial charge in [-0.1, -0.05) is 6.92 Å². The molecule has 3 heterocycles. The SMILES string of the molecule is CCN1CCCC(Cc2nnc3ccc(C(=O)OC)cn23)C1. The summed E-state index contributed by atoms with van der Waals surface area (Å²) in [6.07, 6.45) is 5.13. The second-order valence-corrected chi connectivity index (χ2v) is 5.86. The molecule has 1 atom stereocenters. The van der Waals surface area contributed by atoms with Crippen LogP contribution in [0, 0.1) is 5.92 Å². The lowest BCUT2D eigenvalue weighted by molar-refractivity contribution is 0.0600. The van der Waals surface area contributed by atoms with Gasteiger partial charge >= 0.3 is 5.97 Å². The Kier molecular flexibility index (Phi) is 4.38. The third-order valence-corrected chi connectivity index (χ3v) is 4.42. The first-order valence-corrected chi connectivity index (χ1v) is 7.85. The summed E-state index contributed by atoms with van der Waals surface area (Å²) in [4.78, 5) is 14.2. The second-order valence-electron chi connectivity index (χ2n) is 5.86. The summed E-state index contributed by atoms with van der Waals surface area (Å²) < 4.78 is 6.69. The Morgan fingerprint density at radius 1 is 1.41 bits per heavy atom. The van der Waals surface area contributed by atoms with E-state index < -0.39 is 0 Å². The molecule has 1 fully saturated rings. The quantitative estimate of drug-likeness (QED) is 0.806. The molecule has 22 heavy (non-hydrogen) atoms. The van der Waals surface area contributed by atoms with Crippen LogP contribution in [0.25, 0.3) is 5.65 Å². The summed E-state index contributed by atoms with van der Waals surface area (Å²) in [5, 5.41) is 8.51. The van der Waals surface area contributed by atoms with Crippen molar-refractivity contribution in [2.75, 3.05) is 26.7 Å². The molecule has 0 amide bonds. The molecule has 3 rings (SSSR count). The van der Waals surface area contributed by atoms with Gasteiger partial charge in [0.2, 0.25) is 0 Å². The topological polar surface area (TPSA) is 59.7 Å². The number of carbonyl (C=O) groups is 1. The molecule has 2 aromatic rings. The normalized spacial score (nSPS) is 19.5. The predicted molar refractivity (Wildman–Crippen MR) is 82.9 cm³/mol. The van der Waals surface area contributed by atoms with Crippen molar-refractivity contribution in [1.29, 1.82) is 0 Å². The number of rotatable bonds is 4. The first-order valence-electron chi connectivity index (χ1n) is 7.85. The number of carbonyl (C=O) groups excluding carboxylic acids is 1. The number of piperidine rings is 1. The van der Waals surface area contributed by atoms with Gasteiger partial charge in [0, 0.05) is 19.2 Å². The zero-order valence-electron chi connectivity index (χ0n) is 13.2. The number of pyridine rings is 1. The summed E-state index contributed by atoms with van der Waals surface area (Å²) >= 11 is 0. The minimum atomic E-state index is -0.337. The van der Waals surface area contributed by atoms with Gasteiger partial charge in [-0.2, -0.15) is 0 Å². The van der Waals surface area contributed by atoms with Gasteiger partial charge in [0.1, 0.15) is 5.82 Å². The third kappa shape index (κ3) is 2.97. The largest absolute Gasteiger partial charge is 0.465 e. The van der Waals surface area contributed by atoms with Crippen molar-refractivity contribution in [2.45, 2.75) is 26.2 Å². The molecule has 1 saturated heterocycles. The molecule has 1 aliphatic heterocycles. The number of fused-ring (bicyclic) bond motifs is 1. The monoisotopic (exact) mass is 302 g/mol. The van der Waals surface area contributed by atoms with Crippen molar-refractivity contribution in [2.24, 2.45) is 5.92 Å². The zero-order valence-corrected chi connectivity index (χ0v) is 13.2. The Labute approximate surface area is 130 Å². The van der Waals surface area contributed by atoms with Crippen LogP contribution in [0.2, 0.25) is 0 Å². The van der Waals surface area contributed by atoms with Gasteiger partial charge < -0.3 is 9.64 Å². The highest BCUT2D eigenvalue weighted by Crippen LogP contribution is 2.20. The van der Waals surface area contributed by atoms with Gasteiger partial charge in [-0.3, -0.25) is 4.40 Å². The number of hydrogen-bond acceptors (Lipinski definition) is 5. The fourth-order valence-electron chi connectivity index (χ4n) is 3.18. The molecule has 1 aliphatic rings. The number of nitrogens with zero attached hydrogens (tertiary/aromatic N) is 4. The molecular weight excluding hydrogens is 280 g/mol. The van der Waals surface area contributed by atoms with E-state index >= 15 is 0 Å². The van der Waals surface area contributed by atoms with Gasteiger partial charge in [-0.15, -0.1) is 10.2 Å². The van der Waals surface area contributed by atoms with Crippen LogP contribution in [0.15, 0.2) is 18.3 Å². The predicted octanol–water partition coefficient (Wildman–Crippen LogP) is 1.79. The number of aromatic nitrogens is 3. The van der Waals surface area contributed by atoms with E-state index in [-0.39, 0.29) is 5.97 Å². The highest BCUT2D eigenvalue weighted by molar-refractivity contribution is 5.89. The molecule has 0 aliphatic carbocycles. The molecule has 2 aromatic heterocycles. The summed E-state index contributed by atoms with van der Waals surface area (Å²) in [5.41, 5.74) is 1.29. The molecule has 0 saturated carbocycles. The summed E-state index contributed by atoms with van der Waals surface area (Å²) in [5.74, 6) is 1.18. The lowest BCUT2D eigenvalue weighted by Crippen LogP contribution is -2.36. The number of likely N-dealkylation sites (tertiary alicyclic amines) is 1.